The molecular weight excluding hydrogens is 438 g/mol. The summed E-state index contributed by atoms with van der Waals surface area (Å²) < 4.78 is 22.8. The number of nitrogens with one attached hydrogen (secondary N) is 2. The first-order valence-corrected chi connectivity index (χ1v) is 10.9. The summed E-state index contributed by atoms with van der Waals surface area (Å²) in [6, 6.07) is 21.1. The fraction of sp³-hybridized carbons (Fsp3) is 0.240. The number of pyridine rings is 1. The number of ether oxygens (including phenoxy) is 4. The van der Waals surface area contributed by atoms with Crippen LogP contribution in [0.2, 0.25) is 0 Å². The van der Waals surface area contributed by atoms with Gasteiger partial charge in [0, 0.05) is 11.9 Å². The van der Waals surface area contributed by atoms with Gasteiger partial charge in [0.05, 0.1) is 19.3 Å². The Morgan fingerprint density at radius 2 is 1.59 bits per heavy atom. The molecular formula is C25H23N3O6. The van der Waals surface area contributed by atoms with E-state index in [1.54, 1.807) is 48.7 Å². The molecule has 2 aliphatic rings. The molecule has 1 aromatic heterocycles. The van der Waals surface area contributed by atoms with Crippen LogP contribution in [0.1, 0.15) is 10.5 Å². The van der Waals surface area contributed by atoms with Crippen LogP contribution in [-0.2, 0) is 14.2 Å². The Morgan fingerprint density at radius 3 is 2.35 bits per heavy atom. The number of nitrogens with zero attached hydrogens (tertiary/aromatic N) is 1. The molecule has 9 nitrogen and oxygen atoms in total. The van der Waals surface area contributed by atoms with Crippen LogP contribution < -0.4 is 15.4 Å². The van der Waals surface area contributed by atoms with Gasteiger partial charge in [0.25, 0.3) is 5.91 Å². The zero-order valence-electron chi connectivity index (χ0n) is 18.1. The average molecular weight is 461 g/mol. The third-order valence-corrected chi connectivity index (χ3v) is 5.56. The quantitative estimate of drug-likeness (QED) is 0.579. The largest absolute Gasteiger partial charge is 0.457 e. The monoisotopic (exact) mass is 461 g/mol. The molecule has 0 aliphatic carbocycles. The second kappa shape index (κ2) is 9.90. The van der Waals surface area contributed by atoms with E-state index in [4.69, 9.17) is 18.9 Å². The molecule has 9 heteroatoms. The van der Waals surface area contributed by atoms with Gasteiger partial charge in [0.15, 0.2) is 6.10 Å². The molecule has 3 heterocycles. The molecule has 2 aromatic carbocycles. The van der Waals surface area contributed by atoms with E-state index in [-0.39, 0.29) is 25.2 Å². The Morgan fingerprint density at radius 1 is 0.853 bits per heavy atom. The molecule has 2 N–H and O–H groups in total. The highest BCUT2D eigenvalue weighted by molar-refractivity contribution is 5.92. The van der Waals surface area contributed by atoms with E-state index in [0.29, 0.717) is 17.1 Å². The summed E-state index contributed by atoms with van der Waals surface area (Å²) in [7, 11) is 0. The van der Waals surface area contributed by atoms with Crippen molar-refractivity contribution in [3.8, 4) is 11.5 Å². The molecule has 0 bridgehead atoms. The van der Waals surface area contributed by atoms with Crippen molar-refractivity contribution in [3.05, 3.63) is 84.7 Å². The number of carbonyl (C=O) groups is 2. The lowest BCUT2D eigenvalue weighted by atomic mass is 10.1. The van der Waals surface area contributed by atoms with Crippen molar-refractivity contribution >= 4 is 17.7 Å². The van der Waals surface area contributed by atoms with Crippen LogP contribution in [0.4, 0.5) is 10.5 Å². The van der Waals surface area contributed by atoms with Gasteiger partial charge < -0.3 is 24.3 Å². The number of fused-ring (bicyclic) bond motifs is 1. The summed E-state index contributed by atoms with van der Waals surface area (Å²) in [5.74, 6) is 1.07. The number of para-hydroxylation sites is 1. The zero-order valence-corrected chi connectivity index (χ0v) is 18.1. The molecule has 3 aromatic rings. The summed E-state index contributed by atoms with van der Waals surface area (Å²) in [4.78, 5) is 28.9. The highest BCUT2D eigenvalue weighted by Crippen LogP contribution is 2.29. The predicted molar refractivity (Wildman–Crippen MR) is 122 cm³/mol. The summed E-state index contributed by atoms with van der Waals surface area (Å²) in [5.41, 5.74) is 0.880. The van der Waals surface area contributed by atoms with Crippen LogP contribution >= 0.6 is 0 Å². The van der Waals surface area contributed by atoms with E-state index in [0.717, 1.165) is 5.75 Å². The van der Waals surface area contributed by atoms with Gasteiger partial charge in [-0.15, -0.1) is 0 Å². The lowest BCUT2D eigenvalue weighted by Gasteiger charge is -2.18. The Kier molecular flexibility index (Phi) is 6.37. The van der Waals surface area contributed by atoms with Crippen LogP contribution in [0.25, 0.3) is 0 Å². The Balaban J connectivity index is 1.12. The van der Waals surface area contributed by atoms with Gasteiger partial charge in [-0.2, -0.15) is 0 Å². The lowest BCUT2D eigenvalue weighted by molar-refractivity contribution is 0.00861. The minimum atomic E-state index is -0.615. The summed E-state index contributed by atoms with van der Waals surface area (Å²) in [6.45, 7) is 0.445. The fourth-order valence-corrected chi connectivity index (χ4v) is 3.94. The van der Waals surface area contributed by atoms with Crippen LogP contribution in [0.3, 0.4) is 0 Å². The maximum absolute atomic E-state index is 12.4. The second-order valence-corrected chi connectivity index (χ2v) is 7.90. The summed E-state index contributed by atoms with van der Waals surface area (Å²) in [6.07, 6.45) is -0.499. The first-order chi connectivity index (χ1) is 16.7. The summed E-state index contributed by atoms with van der Waals surface area (Å²) in [5, 5.41) is 5.58. The summed E-state index contributed by atoms with van der Waals surface area (Å²) >= 11 is 0. The van der Waals surface area contributed by atoms with Crippen molar-refractivity contribution in [2.45, 2.75) is 24.4 Å². The van der Waals surface area contributed by atoms with Crippen LogP contribution in [-0.4, -0.2) is 54.6 Å². The molecule has 0 spiro atoms. The van der Waals surface area contributed by atoms with E-state index in [1.807, 2.05) is 30.3 Å². The first kappa shape index (κ1) is 21.9. The highest BCUT2D eigenvalue weighted by Gasteiger charge is 2.50. The van der Waals surface area contributed by atoms with Crippen molar-refractivity contribution in [1.29, 1.82) is 0 Å². The van der Waals surface area contributed by atoms with Crippen molar-refractivity contribution < 1.29 is 28.5 Å². The van der Waals surface area contributed by atoms with Gasteiger partial charge in [-0.05, 0) is 48.5 Å². The molecule has 0 saturated carbocycles. The minimum absolute atomic E-state index is 0.183. The van der Waals surface area contributed by atoms with Gasteiger partial charge in [-0.3, -0.25) is 15.1 Å². The number of rotatable bonds is 6. The Labute approximate surface area is 196 Å². The van der Waals surface area contributed by atoms with Gasteiger partial charge in [0.1, 0.15) is 29.4 Å². The number of anilines is 1. The normalized spacial score (nSPS) is 23.1. The molecule has 34 heavy (non-hydrogen) atoms. The molecule has 4 atom stereocenters. The zero-order chi connectivity index (χ0) is 23.3. The smallest absolute Gasteiger partial charge is 0.412 e. The number of carbonyl (C=O) groups excluding carboxylic acids is 2. The SMILES string of the molecule is O=C(Nc1ccc(Oc2ccccc2)cc1)O[C@@H]1CO[C@H]2[C@@H]1OC[C@@H]2NC(=O)c1ccccn1. The molecule has 0 radical (unpaired) electrons. The van der Waals surface area contributed by atoms with Gasteiger partial charge >= 0.3 is 6.09 Å². The minimum Gasteiger partial charge on any atom is -0.457 e. The Bertz CT molecular complexity index is 1130. The van der Waals surface area contributed by atoms with Crippen molar-refractivity contribution in [2.24, 2.45) is 0 Å². The van der Waals surface area contributed by atoms with E-state index >= 15 is 0 Å². The molecule has 2 aliphatic heterocycles. The average Bonchev–Trinajstić information content (AvgIpc) is 3.45. The maximum atomic E-state index is 12.4. The number of aromatic nitrogens is 1. The van der Waals surface area contributed by atoms with E-state index < -0.39 is 24.4 Å². The Hall–Kier alpha value is -3.95. The first-order valence-electron chi connectivity index (χ1n) is 10.9. The third-order valence-electron chi connectivity index (χ3n) is 5.56. The number of benzene rings is 2. The van der Waals surface area contributed by atoms with Gasteiger partial charge in [-0.25, -0.2) is 4.79 Å². The van der Waals surface area contributed by atoms with Crippen LogP contribution in [0, 0.1) is 0 Å². The standard InChI is InChI=1S/C25H23N3O6/c29-24(19-8-4-5-13-26-19)28-20-14-31-23-21(15-32-22(20)23)34-25(30)27-16-9-11-18(12-10-16)33-17-6-2-1-3-7-17/h1-13,20-23H,14-15H2,(H,27,30)(H,28,29)/t20-,21+,22+,23+/m0/s1. The predicted octanol–water partition coefficient (Wildman–Crippen LogP) is 3.39. The van der Waals surface area contributed by atoms with Crippen LogP contribution in [0.15, 0.2) is 79.0 Å². The molecule has 5 rings (SSSR count). The topological polar surface area (TPSA) is 108 Å². The van der Waals surface area contributed by atoms with Crippen molar-refractivity contribution in [2.75, 3.05) is 18.5 Å². The van der Waals surface area contributed by atoms with Gasteiger partial charge in [0.2, 0.25) is 0 Å². The number of amides is 2. The van der Waals surface area contributed by atoms with Crippen molar-refractivity contribution in [1.82, 2.24) is 10.3 Å². The third kappa shape index (κ3) is 5.00. The molecule has 174 valence electrons. The maximum Gasteiger partial charge on any atom is 0.412 e. The molecule has 2 saturated heterocycles. The number of hydrogen-bond donors (Lipinski definition) is 2. The lowest BCUT2D eigenvalue weighted by Crippen LogP contribution is -2.44. The molecule has 2 fully saturated rings. The number of hydrogen-bond acceptors (Lipinski definition) is 7. The molecule has 0 unspecified atom stereocenters. The van der Waals surface area contributed by atoms with E-state index in [9.17, 15) is 9.59 Å². The van der Waals surface area contributed by atoms with E-state index in [1.165, 1.54) is 0 Å². The van der Waals surface area contributed by atoms with Crippen LogP contribution in [0.5, 0.6) is 11.5 Å². The second-order valence-electron chi connectivity index (χ2n) is 7.90. The van der Waals surface area contributed by atoms with Crippen molar-refractivity contribution in [3.63, 3.8) is 0 Å². The fourth-order valence-electron chi connectivity index (χ4n) is 3.94. The van der Waals surface area contributed by atoms with Gasteiger partial charge in [-0.1, -0.05) is 24.3 Å². The van der Waals surface area contributed by atoms with E-state index in [2.05, 4.69) is 15.6 Å². The highest BCUT2D eigenvalue weighted by atomic mass is 16.6. The molecule has 2 amide bonds.